The Hall–Kier alpha value is -3.10. The summed E-state index contributed by atoms with van der Waals surface area (Å²) < 4.78 is 5.40. The van der Waals surface area contributed by atoms with Gasteiger partial charge >= 0.3 is 0 Å². The van der Waals surface area contributed by atoms with E-state index in [1.165, 1.54) is 5.69 Å². The first-order valence-electron chi connectivity index (χ1n) is 8.32. The summed E-state index contributed by atoms with van der Waals surface area (Å²) in [5.41, 5.74) is 5.68. The van der Waals surface area contributed by atoms with Gasteiger partial charge in [0.05, 0.1) is 36.2 Å². The van der Waals surface area contributed by atoms with Gasteiger partial charge in [-0.1, -0.05) is 24.3 Å². The molecule has 0 amide bonds. The lowest BCUT2D eigenvalue weighted by Gasteiger charge is -2.28. The number of aromatic amines is 1. The lowest BCUT2D eigenvalue weighted by molar-refractivity contribution is 0.122. The standard InChI is InChI=1S/C20H18N4O/c21-14-15-2-1-3-17(12-15)20-13-19(22-23-20)16-4-6-18(7-5-16)24-8-10-25-11-9-24/h1-7,12-13H,8-11H2,(H,22,23). The SMILES string of the molecule is N#Cc1cccc(-c2cc(-c3ccc(N4CCOCC4)cc3)[nH]n2)c1. The van der Waals surface area contributed by atoms with Crippen LogP contribution in [0.4, 0.5) is 5.69 Å². The number of H-pyrrole nitrogens is 1. The molecule has 0 atom stereocenters. The highest BCUT2D eigenvalue weighted by atomic mass is 16.5. The van der Waals surface area contributed by atoms with Gasteiger partial charge in [-0.3, -0.25) is 5.10 Å². The highest BCUT2D eigenvalue weighted by molar-refractivity contribution is 5.70. The van der Waals surface area contributed by atoms with Gasteiger partial charge in [0.1, 0.15) is 0 Å². The van der Waals surface area contributed by atoms with E-state index in [0.717, 1.165) is 48.8 Å². The van der Waals surface area contributed by atoms with Crippen molar-refractivity contribution in [1.29, 1.82) is 5.26 Å². The summed E-state index contributed by atoms with van der Waals surface area (Å²) in [6, 6.07) is 20.1. The van der Waals surface area contributed by atoms with Crippen LogP contribution in [0.2, 0.25) is 0 Å². The number of hydrogen-bond donors (Lipinski definition) is 1. The largest absolute Gasteiger partial charge is 0.378 e. The van der Waals surface area contributed by atoms with Crippen molar-refractivity contribution in [2.45, 2.75) is 0 Å². The third kappa shape index (κ3) is 3.25. The second kappa shape index (κ2) is 6.80. The lowest BCUT2D eigenvalue weighted by atomic mass is 10.1. The van der Waals surface area contributed by atoms with Gasteiger partial charge in [0, 0.05) is 24.3 Å². The quantitative estimate of drug-likeness (QED) is 0.799. The Morgan fingerprint density at radius 2 is 1.80 bits per heavy atom. The van der Waals surface area contributed by atoms with Crippen LogP contribution in [0.1, 0.15) is 5.56 Å². The summed E-state index contributed by atoms with van der Waals surface area (Å²) in [4.78, 5) is 2.33. The molecule has 0 aliphatic carbocycles. The molecule has 0 bridgehead atoms. The molecule has 0 saturated carbocycles. The van der Waals surface area contributed by atoms with E-state index in [1.54, 1.807) is 6.07 Å². The summed E-state index contributed by atoms with van der Waals surface area (Å²) in [7, 11) is 0. The Kier molecular flexibility index (Phi) is 4.19. The number of aromatic nitrogens is 2. The minimum atomic E-state index is 0.636. The Bertz CT molecular complexity index is 902. The number of ether oxygens (including phenoxy) is 1. The maximum absolute atomic E-state index is 9.04. The van der Waals surface area contributed by atoms with Crippen LogP contribution in [0, 0.1) is 11.3 Å². The first-order chi connectivity index (χ1) is 12.3. The number of benzene rings is 2. The van der Waals surface area contributed by atoms with Crippen LogP contribution >= 0.6 is 0 Å². The van der Waals surface area contributed by atoms with Crippen molar-refractivity contribution in [2.24, 2.45) is 0 Å². The van der Waals surface area contributed by atoms with Crippen molar-refractivity contribution in [1.82, 2.24) is 10.2 Å². The van der Waals surface area contributed by atoms with Crippen LogP contribution in [0.25, 0.3) is 22.5 Å². The van der Waals surface area contributed by atoms with Crippen LogP contribution in [-0.2, 0) is 4.74 Å². The molecule has 0 unspecified atom stereocenters. The monoisotopic (exact) mass is 330 g/mol. The molecule has 1 aliphatic rings. The van der Waals surface area contributed by atoms with Crippen LogP contribution in [0.3, 0.4) is 0 Å². The third-order valence-corrected chi connectivity index (χ3v) is 4.42. The van der Waals surface area contributed by atoms with E-state index in [-0.39, 0.29) is 0 Å². The first-order valence-corrected chi connectivity index (χ1v) is 8.32. The van der Waals surface area contributed by atoms with Gasteiger partial charge in [-0.15, -0.1) is 0 Å². The topological polar surface area (TPSA) is 64.9 Å². The molecule has 1 aliphatic heterocycles. The van der Waals surface area contributed by atoms with Crippen LogP contribution in [0.5, 0.6) is 0 Å². The molecular weight excluding hydrogens is 312 g/mol. The predicted octanol–water partition coefficient (Wildman–Crippen LogP) is 3.45. The summed E-state index contributed by atoms with van der Waals surface area (Å²) in [5.74, 6) is 0. The van der Waals surface area contributed by atoms with Crippen molar-refractivity contribution in [3.05, 3.63) is 60.2 Å². The molecule has 0 spiro atoms. The van der Waals surface area contributed by atoms with E-state index in [1.807, 2.05) is 24.3 Å². The number of nitrogens with zero attached hydrogens (tertiary/aromatic N) is 3. The minimum Gasteiger partial charge on any atom is -0.378 e. The van der Waals surface area contributed by atoms with E-state index in [4.69, 9.17) is 10.00 Å². The van der Waals surface area contributed by atoms with Gasteiger partial charge in [-0.2, -0.15) is 10.4 Å². The van der Waals surface area contributed by atoms with E-state index in [9.17, 15) is 0 Å². The Morgan fingerprint density at radius 1 is 1.00 bits per heavy atom. The summed E-state index contributed by atoms with van der Waals surface area (Å²) in [6.07, 6.45) is 0. The van der Waals surface area contributed by atoms with E-state index < -0.39 is 0 Å². The van der Waals surface area contributed by atoms with Gasteiger partial charge in [0.15, 0.2) is 0 Å². The Morgan fingerprint density at radius 3 is 2.56 bits per heavy atom. The molecule has 0 radical (unpaired) electrons. The number of anilines is 1. The van der Waals surface area contributed by atoms with Crippen LogP contribution < -0.4 is 4.90 Å². The van der Waals surface area contributed by atoms with Crippen molar-refractivity contribution < 1.29 is 4.74 Å². The second-order valence-electron chi connectivity index (χ2n) is 6.01. The number of hydrogen-bond acceptors (Lipinski definition) is 4. The molecule has 124 valence electrons. The summed E-state index contributed by atoms with van der Waals surface area (Å²) in [6.45, 7) is 3.44. The average molecular weight is 330 g/mol. The molecule has 3 aromatic rings. The maximum atomic E-state index is 9.04. The number of morpholine rings is 1. The molecule has 1 saturated heterocycles. The number of rotatable bonds is 3. The molecule has 4 rings (SSSR count). The molecule has 5 nitrogen and oxygen atoms in total. The molecular formula is C20H18N4O. The molecule has 1 fully saturated rings. The van der Waals surface area contributed by atoms with E-state index >= 15 is 0 Å². The normalized spacial score (nSPS) is 14.3. The van der Waals surface area contributed by atoms with E-state index in [2.05, 4.69) is 45.4 Å². The van der Waals surface area contributed by atoms with Gasteiger partial charge in [-0.05, 0) is 35.9 Å². The van der Waals surface area contributed by atoms with Gasteiger partial charge in [0.2, 0.25) is 0 Å². The minimum absolute atomic E-state index is 0.636. The zero-order valence-corrected chi connectivity index (χ0v) is 13.8. The highest BCUT2D eigenvalue weighted by Gasteiger charge is 2.12. The van der Waals surface area contributed by atoms with Crippen LogP contribution in [0.15, 0.2) is 54.6 Å². The predicted molar refractivity (Wildman–Crippen MR) is 97.2 cm³/mol. The average Bonchev–Trinajstić information content (AvgIpc) is 3.19. The molecule has 25 heavy (non-hydrogen) atoms. The smallest absolute Gasteiger partial charge is 0.0991 e. The fourth-order valence-corrected chi connectivity index (χ4v) is 3.04. The summed E-state index contributed by atoms with van der Waals surface area (Å²) >= 11 is 0. The van der Waals surface area contributed by atoms with Crippen LogP contribution in [-0.4, -0.2) is 36.5 Å². The van der Waals surface area contributed by atoms with Crippen molar-refractivity contribution in [3.8, 4) is 28.6 Å². The lowest BCUT2D eigenvalue weighted by Crippen LogP contribution is -2.36. The van der Waals surface area contributed by atoms with Gasteiger partial charge < -0.3 is 9.64 Å². The second-order valence-corrected chi connectivity index (χ2v) is 6.01. The fourth-order valence-electron chi connectivity index (χ4n) is 3.04. The highest BCUT2D eigenvalue weighted by Crippen LogP contribution is 2.26. The van der Waals surface area contributed by atoms with Crippen molar-refractivity contribution in [2.75, 3.05) is 31.2 Å². The van der Waals surface area contributed by atoms with Gasteiger partial charge in [0.25, 0.3) is 0 Å². The zero-order chi connectivity index (χ0) is 17.1. The fraction of sp³-hybridized carbons (Fsp3) is 0.200. The zero-order valence-electron chi connectivity index (χ0n) is 13.8. The number of nitrogens with one attached hydrogen (secondary N) is 1. The third-order valence-electron chi connectivity index (χ3n) is 4.42. The van der Waals surface area contributed by atoms with E-state index in [0.29, 0.717) is 5.56 Å². The molecule has 2 heterocycles. The molecule has 1 aromatic heterocycles. The summed E-state index contributed by atoms with van der Waals surface area (Å²) in [5, 5.41) is 16.5. The van der Waals surface area contributed by atoms with Crippen molar-refractivity contribution in [3.63, 3.8) is 0 Å². The van der Waals surface area contributed by atoms with Gasteiger partial charge in [-0.25, -0.2) is 0 Å². The Labute approximate surface area is 146 Å². The molecule has 1 N–H and O–H groups in total. The van der Waals surface area contributed by atoms with Crippen molar-refractivity contribution >= 4 is 5.69 Å². The first kappa shape index (κ1) is 15.4. The maximum Gasteiger partial charge on any atom is 0.0991 e. The molecule has 5 heteroatoms. The number of nitriles is 1. The molecule has 2 aromatic carbocycles. The Balaban J connectivity index is 1.56.